The van der Waals surface area contributed by atoms with Gasteiger partial charge in [-0.25, -0.2) is 12.8 Å². The van der Waals surface area contributed by atoms with Crippen LogP contribution in [0.5, 0.6) is 0 Å². The van der Waals surface area contributed by atoms with E-state index in [-0.39, 0.29) is 35.8 Å². The Morgan fingerprint density at radius 1 is 1.12 bits per heavy atom. The van der Waals surface area contributed by atoms with Crippen LogP contribution in [0.4, 0.5) is 15.8 Å². The van der Waals surface area contributed by atoms with Crippen LogP contribution in [0.1, 0.15) is 6.42 Å². The molecule has 0 radical (unpaired) electrons. The molecular formula is C18H19FN2O3S. The first-order valence-electron chi connectivity index (χ1n) is 8.01. The number of sulfone groups is 1. The van der Waals surface area contributed by atoms with Crippen molar-refractivity contribution in [2.75, 3.05) is 28.3 Å². The predicted molar refractivity (Wildman–Crippen MR) is 95.9 cm³/mol. The van der Waals surface area contributed by atoms with Gasteiger partial charge in [0.15, 0.2) is 9.84 Å². The number of benzene rings is 2. The van der Waals surface area contributed by atoms with Crippen LogP contribution in [-0.4, -0.2) is 38.4 Å². The maximum absolute atomic E-state index is 13.0. The van der Waals surface area contributed by atoms with E-state index in [1.165, 1.54) is 12.1 Å². The summed E-state index contributed by atoms with van der Waals surface area (Å²) in [6.07, 6.45) is 0.430. The molecule has 3 rings (SSSR count). The van der Waals surface area contributed by atoms with E-state index in [9.17, 15) is 17.6 Å². The van der Waals surface area contributed by atoms with Crippen LogP contribution in [0.3, 0.4) is 0 Å². The van der Waals surface area contributed by atoms with Gasteiger partial charge >= 0.3 is 0 Å². The van der Waals surface area contributed by atoms with E-state index < -0.39 is 9.84 Å². The number of rotatable bonds is 5. The Labute approximate surface area is 146 Å². The van der Waals surface area contributed by atoms with Crippen LogP contribution in [-0.2, 0) is 14.6 Å². The fraction of sp³-hybridized carbons (Fsp3) is 0.278. The van der Waals surface area contributed by atoms with Crippen molar-refractivity contribution in [3.05, 3.63) is 60.4 Å². The molecule has 132 valence electrons. The third-order valence-corrected chi connectivity index (χ3v) is 5.91. The second kappa shape index (κ2) is 7.23. The number of carbonyl (C=O) groups excluding carboxylic acids is 1. The molecule has 1 N–H and O–H groups in total. The number of nitrogens with zero attached hydrogens (tertiary/aromatic N) is 1. The molecule has 5 nitrogen and oxygen atoms in total. The van der Waals surface area contributed by atoms with E-state index in [2.05, 4.69) is 5.32 Å². The lowest BCUT2D eigenvalue weighted by atomic mass is 10.1. The van der Waals surface area contributed by atoms with Crippen molar-refractivity contribution in [1.82, 2.24) is 0 Å². The number of para-hydroxylation sites is 1. The first kappa shape index (κ1) is 17.4. The highest BCUT2D eigenvalue weighted by Gasteiger charge is 2.35. The van der Waals surface area contributed by atoms with Crippen molar-refractivity contribution in [2.24, 2.45) is 0 Å². The van der Waals surface area contributed by atoms with Gasteiger partial charge in [-0.2, -0.15) is 0 Å². The van der Waals surface area contributed by atoms with Gasteiger partial charge in [-0.3, -0.25) is 4.79 Å². The Balaban J connectivity index is 1.76. The summed E-state index contributed by atoms with van der Waals surface area (Å²) in [7, 11) is -3.11. The van der Waals surface area contributed by atoms with Gasteiger partial charge < -0.3 is 10.2 Å². The number of nitrogens with one attached hydrogen (secondary N) is 1. The zero-order valence-electron chi connectivity index (χ0n) is 13.6. The fourth-order valence-corrected chi connectivity index (χ4v) is 4.66. The van der Waals surface area contributed by atoms with E-state index in [0.29, 0.717) is 17.8 Å². The minimum absolute atomic E-state index is 0.00290. The van der Waals surface area contributed by atoms with Crippen LogP contribution >= 0.6 is 0 Å². The van der Waals surface area contributed by atoms with Gasteiger partial charge in [0, 0.05) is 11.4 Å². The molecule has 1 aliphatic rings. The lowest BCUT2D eigenvalue weighted by Crippen LogP contribution is -2.44. The van der Waals surface area contributed by atoms with Crippen LogP contribution in [0.15, 0.2) is 54.6 Å². The number of anilines is 2. The Hall–Kier alpha value is -2.41. The lowest BCUT2D eigenvalue weighted by molar-refractivity contribution is -0.117. The van der Waals surface area contributed by atoms with E-state index in [0.717, 1.165) is 0 Å². The van der Waals surface area contributed by atoms with Crippen LogP contribution in [0.25, 0.3) is 0 Å². The largest absolute Gasteiger partial charge is 0.376 e. The van der Waals surface area contributed by atoms with Gasteiger partial charge in [0.05, 0.1) is 24.1 Å². The lowest BCUT2D eigenvalue weighted by Gasteiger charge is -2.28. The van der Waals surface area contributed by atoms with Gasteiger partial charge in [0.25, 0.3) is 0 Å². The Kier molecular flexibility index (Phi) is 5.03. The van der Waals surface area contributed by atoms with Crippen LogP contribution < -0.4 is 10.2 Å². The van der Waals surface area contributed by atoms with Crippen molar-refractivity contribution < 1.29 is 17.6 Å². The van der Waals surface area contributed by atoms with E-state index in [1.807, 2.05) is 18.2 Å². The molecule has 1 heterocycles. The van der Waals surface area contributed by atoms with Gasteiger partial charge in [-0.05, 0) is 42.8 Å². The van der Waals surface area contributed by atoms with Crippen molar-refractivity contribution in [3.63, 3.8) is 0 Å². The first-order chi connectivity index (χ1) is 11.9. The maximum atomic E-state index is 13.0. The molecule has 2 aromatic carbocycles. The third-order valence-electron chi connectivity index (χ3n) is 4.16. The second-order valence-electron chi connectivity index (χ2n) is 6.02. The van der Waals surface area contributed by atoms with Crippen LogP contribution in [0, 0.1) is 5.82 Å². The fourth-order valence-electron chi connectivity index (χ4n) is 2.96. The summed E-state index contributed by atoms with van der Waals surface area (Å²) in [4.78, 5) is 14.3. The monoisotopic (exact) mass is 362 g/mol. The molecule has 1 amide bonds. The molecule has 0 bridgehead atoms. The van der Waals surface area contributed by atoms with E-state index in [4.69, 9.17) is 0 Å². The molecule has 25 heavy (non-hydrogen) atoms. The van der Waals surface area contributed by atoms with Crippen molar-refractivity contribution in [3.8, 4) is 0 Å². The standard InChI is InChI=1S/C18H19FN2O3S/c19-14-6-8-15(9-7-14)20-12-18(22)21(16-4-2-1-3-5-16)17-10-11-25(23,24)13-17/h1-9,17,20H,10-13H2. The molecule has 0 saturated carbocycles. The molecule has 1 fully saturated rings. The van der Waals surface area contributed by atoms with Crippen molar-refractivity contribution in [1.29, 1.82) is 0 Å². The predicted octanol–water partition coefficient (Wildman–Crippen LogP) is 2.46. The molecule has 2 aromatic rings. The average Bonchev–Trinajstić information content (AvgIpc) is 2.95. The summed E-state index contributed by atoms with van der Waals surface area (Å²) in [5, 5.41) is 2.96. The molecule has 1 atom stereocenters. The number of hydrogen-bond donors (Lipinski definition) is 1. The Bertz CT molecular complexity index is 838. The number of amides is 1. The molecule has 0 aromatic heterocycles. The molecule has 7 heteroatoms. The highest BCUT2D eigenvalue weighted by Crippen LogP contribution is 2.24. The Morgan fingerprint density at radius 3 is 2.40 bits per heavy atom. The summed E-state index contributed by atoms with van der Waals surface area (Å²) in [5.41, 5.74) is 1.30. The molecule has 1 saturated heterocycles. The van der Waals surface area contributed by atoms with Crippen molar-refractivity contribution in [2.45, 2.75) is 12.5 Å². The van der Waals surface area contributed by atoms with Gasteiger partial charge in [-0.1, -0.05) is 18.2 Å². The highest BCUT2D eigenvalue weighted by atomic mass is 32.2. The first-order valence-corrected chi connectivity index (χ1v) is 9.84. The van der Waals surface area contributed by atoms with Gasteiger partial charge in [0.2, 0.25) is 5.91 Å². The topological polar surface area (TPSA) is 66.5 Å². The van der Waals surface area contributed by atoms with Gasteiger partial charge in [-0.15, -0.1) is 0 Å². The molecule has 1 unspecified atom stereocenters. The normalized spacial score (nSPS) is 18.7. The summed E-state index contributed by atoms with van der Waals surface area (Å²) in [5.74, 6) is -0.499. The second-order valence-corrected chi connectivity index (χ2v) is 8.25. The maximum Gasteiger partial charge on any atom is 0.246 e. The minimum Gasteiger partial charge on any atom is -0.376 e. The summed E-state index contributed by atoms with van der Waals surface area (Å²) in [6.45, 7) is -0.00290. The Morgan fingerprint density at radius 2 is 1.80 bits per heavy atom. The summed E-state index contributed by atoms with van der Waals surface area (Å²) in [6, 6.07) is 14.4. The quantitative estimate of drug-likeness (QED) is 0.887. The molecular weight excluding hydrogens is 343 g/mol. The van der Waals surface area contributed by atoms with Gasteiger partial charge in [0.1, 0.15) is 5.82 Å². The van der Waals surface area contributed by atoms with Crippen molar-refractivity contribution >= 4 is 27.1 Å². The summed E-state index contributed by atoms with van der Waals surface area (Å²) >= 11 is 0. The molecule has 0 spiro atoms. The number of carbonyl (C=O) groups is 1. The van der Waals surface area contributed by atoms with E-state index >= 15 is 0 Å². The smallest absolute Gasteiger partial charge is 0.246 e. The zero-order valence-corrected chi connectivity index (χ0v) is 14.4. The summed E-state index contributed by atoms with van der Waals surface area (Å²) < 4.78 is 36.6. The molecule has 1 aliphatic heterocycles. The number of hydrogen-bond acceptors (Lipinski definition) is 4. The molecule has 0 aliphatic carbocycles. The number of halogens is 1. The highest BCUT2D eigenvalue weighted by molar-refractivity contribution is 7.91. The SMILES string of the molecule is O=C(CNc1ccc(F)cc1)N(c1ccccc1)C1CCS(=O)(=O)C1. The van der Waals surface area contributed by atoms with E-state index in [1.54, 1.807) is 29.2 Å². The average molecular weight is 362 g/mol. The zero-order chi connectivity index (χ0) is 17.9. The minimum atomic E-state index is -3.11. The third kappa shape index (κ3) is 4.36. The van der Waals surface area contributed by atoms with Crippen LogP contribution in [0.2, 0.25) is 0 Å².